The molecular weight excluding hydrogens is 476 g/mol. The normalized spacial score (nSPS) is 17.8. The summed E-state index contributed by atoms with van der Waals surface area (Å²) in [6.07, 6.45) is 0.445. The number of hydrogen-bond donors (Lipinski definition) is 0. The molecule has 0 aliphatic carbocycles. The molecule has 1 aliphatic rings. The van der Waals surface area contributed by atoms with E-state index in [0.717, 1.165) is 15.4 Å². The number of benzene rings is 2. The van der Waals surface area contributed by atoms with Crippen LogP contribution >= 0.6 is 0 Å². The number of imide groups is 1. The maximum atomic E-state index is 14.0. The van der Waals surface area contributed by atoms with Gasteiger partial charge in [-0.3, -0.25) is 19.4 Å². The number of nitrogens with zero attached hydrogens (tertiary/aromatic N) is 2. The number of hydrogen-bond acceptors (Lipinski definition) is 7. The van der Waals surface area contributed by atoms with Crippen LogP contribution in [0.2, 0.25) is 0 Å². The van der Waals surface area contributed by atoms with Gasteiger partial charge in [0.2, 0.25) is 5.54 Å². The van der Waals surface area contributed by atoms with Gasteiger partial charge in [0.05, 0.1) is 13.2 Å². The van der Waals surface area contributed by atoms with Gasteiger partial charge in [0.15, 0.2) is 0 Å². The molecule has 9 nitrogen and oxygen atoms in total. The van der Waals surface area contributed by atoms with Crippen molar-refractivity contribution in [1.29, 1.82) is 0 Å². The van der Waals surface area contributed by atoms with Gasteiger partial charge in [-0.05, 0) is 38.5 Å². The van der Waals surface area contributed by atoms with Crippen LogP contribution in [-0.2, 0) is 30.4 Å². The van der Waals surface area contributed by atoms with Gasteiger partial charge in [-0.25, -0.2) is 9.59 Å². The molecule has 0 N–H and O–H groups in total. The van der Waals surface area contributed by atoms with E-state index in [2.05, 4.69) is 6.58 Å². The van der Waals surface area contributed by atoms with E-state index >= 15 is 0 Å². The fourth-order valence-electron chi connectivity index (χ4n) is 3.87. The Kier molecular flexibility index (Phi) is 8.83. The van der Waals surface area contributed by atoms with Crippen LogP contribution in [0.5, 0.6) is 0 Å². The first kappa shape index (κ1) is 27.6. The van der Waals surface area contributed by atoms with Crippen LogP contribution in [0.15, 0.2) is 73.3 Å². The minimum atomic E-state index is -2.29. The fraction of sp³-hybridized carbons (Fsp3) is 0.357. The lowest BCUT2D eigenvalue weighted by Crippen LogP contribution is -2.74. The minimum absolute atomic E-state index is 0.0550. The summed E-state index contributed by atoms with van der Waals surface area (Å²) in [5.41, 5.74) is -2.14. The third kappa shape index (κ3) is 6.42. The second-order valence-corrected chi connectivity index (χ2v) is 9.49. The summed E-state index contributed by atoms with van der Waals surface area (Å²) in [6.45, 7) is 7.57. The Hall–Kier alpha value is -3.98. The molecule has 1 atom stereocenters. The first-order valence-electron chi connectivity index (χ1n) is 11.9. The summed E-state index contributed by atoms with van der Waals surface area (Å²) in [5, 5.41) is 0. The van der Waals surface area contributed by atoms with Crippen molar-refractivity contribution in [3.63, 3.8) is 0 Å². The van der Waals surface area contributed by atoms with Crippen LogP contribution in [0.4, 0.5) is 4.79 Å². The Bertz CT molecular complexity index is 1130. The van der Waals surface area contributed by atoms with Crippen LogP contribution in [0, 0.1) is 0 Å². The largest absolute Gasteiger partial charge is 0.459 e. The highest BCUT2D eigenvalue weighted by atomic mass is 16.6. The third-order valence-electron chi connectivity index (χ3n) is 5.58. The average Bonchev–Trinajstić information content (AvgIpc) is 2.87. The molecule has 196 valence electrons. The molecular formula is C28H32N2O7. The van der Waals surface area contributed by atoms with Crippen LogP contribution in [-0.4, -0.2) is 71.1 Å². The zero-order chi connectivity index (χ0) is 27.1. The smallest absolute Gasteiger partial charge is 0.411 e. The predicted molar refractivity (Wildman–Crippen MR) is 135 cm³/mol. The summed E-state index contributed by atoms with van der Waals surface area (Å²) >= 11 is 0. The van der Waals surface area contributed by atoms with Gasteiger partial charge in [0, 0.05) is 18.7 Å². The molecule has 1 saturated heterocycles. The summed E-state index contributed by atoms with van der Waals surface area (Å²) in [6, 6.07) is 17.4. The monoisotopic (exact) mass is 508 g/mol. The van der Waals surface area contributed by atoms with E-state index < -0.39 is 41.6 Å². The first-order chi connectivity index (χ1) is 17.6. The van der Waals surface area contributed by atoms with Gasteiger partial charge < -0.3 is 14.2 Å². The maximum Gasteiger partial charge on any atom is 0.411 e. The van der Waals surface area contributed by atoms with Crippen molar-refractivity contribution < 1.29 is 33.4 Å². The van der Waals surface area contributed by atoms with Gasteiger partial charge >= 0.3 is 12.1 Å². The SMILES string of the molecule is C=CCOC(=O)C1(COCc2ccccc2)C(=O)N(C(=O)c2ccccc2)CCN1C(=O)OC(C)(C)C. The zero-order valence-electron chi connectivity index (χ0n) is 21.3. The van der Waals surface area contributed by atoms with E-state index in [4.69, 9.17) is 14.2 Å². The van der Waals surface area contributed by atoms with Crippen molar-refractivity contribution in [2.45, 2.75) is 38.5 Å². The van der Waals surface area contributed by atoms with Crippen LogP contribution in [0.3, 0.4) is 0 Å². The molecule has 37 heavy (non-hydrogen) atoms. The summed E-state index contributed by atoms with van der Waals surface area (Å²) in [5.74, 6) is -2.57. The zero-order valence-corrected chi connectivity index (χ0v) is 21.3. The molecule has 2 aromatic rings. The third-order valence-corrected chi connectivity index (χ3v) is 5.58. The summed E-state index contributed by atoms with van der Waals surface area (Å²) in [7, 11) is 0. The molecule has 3 amide bonds. The molecule has 2 aromatic carbocycles. The van der Waals surface area contributed by atoms with Gasteiger partial charge in [-0.2, -0.15) is 0 Å². The highest BCUT2D eigenvalue weighted by molar-refractivity contribution is 6.17. The van der Waals surface area contributed by atoms with E-state index in [-0.39, 0.29) is 31.9 Å². The Morgan fingerprint density at radius 1 is 1.00 bits per heavy atom. The van der Waals surface area contributed by atoms with Crippen molar-refractivity contribution in [2.75, 3.05) is 26.3 Å². The van der Waals surface area contributed by atoms with Crippen molar-refractivity contribution in [2.24, 2.45) is 0 Å². The molecule has 1 heterocycles. The van der Waals surface area contributed by atoms with E-state index in [9.17, 15) is 19.2 Å². The Morgan fingerprint density at radius 3 is 2.22 bits per heavy atom. The Labute approximate surface area is 216 Å². The highest BCUT2D eigenvalue weighted by Crippen LogP contribution is 2.30. The van der Waals surface area contributed by atoms with E-state index in [1.54, 1.807) is 51.1 Å². The molecule has 1 fully saturated rings. The molecule has 0 aromatic heterocycles. The number of ether oxygens (including phenoxy) is 3. The summed E-state index contributed by atoms with van der Waals surface area (Å²) < 4.78 is 16.7. The van der Waals surface area contributed by atoms with E-state index in [1.807, 2.05) is 30.3 Å². The quantitative estimate of drug-likeness (QED) is 0.232. The van der Waals surface area contributed by atoms with Crippen molar-refractivity contribution in [3.8, 4) is 0 Å². The van der Waals surface area contributed by atoms with Crippen LogP contribution in [0.1, 0.15) is 36.7 Å². The minimum Gasteiger partial charge on any atom is -0.459 e. The van der Waals surface area contributed by atoms with Crippen LogP contribution < -0.4 is 0 Å². The fourth-order valence-corrected chi connectivity index (χ4v) is 3.87. The van der Waals surface area contributed by atoms with Crippen molar-refractivity contribution >= 4 is 23.9 Å². The van der Waals surface area contributed by atoms with Crippen molar-refractivity contribution in [1.82, 2.24) is 9.80 Å². The molecule has 3 rings (SSSR count). The topological polar surface area (TPSA) is 102 Å². The molecule has 0 bridgehead atoms. The van der Waals surface area contributed by atoms with Gasteiger partial charge in [0.1, 0.15) is 12.2 Å². The Balaban J connectivity index is 2.03. The number of piperazine rings is 1. The molecule has 0 spiro atoms. The maximum absolute atomic E-state index is 14.0. The van der Waals surface area contributed by atoms with E-state index in [0.29, 0.717) is 0 Å². The first-order valence-corrected chi connectivity index (χ1v) is 11.9. The van der Waals surface area contributed by atoms with Crippen molar-refractivity contribution in [3.05, 3.63) is 84.4 Å². The van der Waals surface area contributed by atoms with Gasteiger partial charge in [0.25, 0.3) is 11.8 Å². The van der Waals surface area contributed by atoms with Gasteiger partial charge in [-0.1, -0.05) is 61.2 Å². The van der Waals surface area contributed by atoms with E-state index in [1.165, 1.54) is 6.08 Å². The number of carbonyl (C=O) groups excluding carboxylic acids is 4. The number of esters is 1. The molecule has 1 aliphatic heterocycles. The number of rotatable bonds is 8. The number of amides is 3. The lowest BCUT2D eigenvalue weighted by Gasteiger charge is -2.46. The molecule has 0 radical (unpaired) electrons. The van der Waals surface area contributed by atoms with Gasteiger partial charge in [-0.15, -0.1) is 0 Å². The number of carbonyl (C=O) groups is 4. The molecule has 0 saturated carbocycles. The standard InChI is InChI=1S/C28H32N2O7/c1-5-18-36-25(33)28(20-35-19-21-12-8-6-9-13-21)24(32)29(23(31)22-14-10-7-11-15-22)16-17-30(28)26(34)37-27(2,3)4/h5-15H,1,16-20H2,2-4H3. The molecule has 9 heteroatoms. The van der Waals surface area contributed by atoms with Crippen LogP contribution in [0.25, 0.3) is 0 Å². The lowest BCUT2D eigenvalue weighted by atomic mass is 9.92. The molecule has 1 unspecified atom stereocenters. The predicted octanol–water partition coefficient (Wildman–Crippen LogP) is 3.59. The summed E-state index contributed by atoms with van der Waals surface area (Å²) in [4.78, 5) is 56.2. The highest BCUT2D eigenvalue weighted by Gasteiger charge is 2.60. The second kappa shape index (κ2) is 11.8. The second-order valence-electron chi connectivity index (χ2n) is 9.49. The average molecular weight is 509 g/mol. The Morgan fingerprint density at radius 2 is 1.62 bits per heavy atom. The lowest BCUT2D eigenvalue weighted by molar-refractivity contribution is -0.175.